The fourth-order valence-electron chi connectivity index (χ4n) is 2.81. The van der Waals surface area contributed by atoms with Gasteiger partial charge in [0.05, 0.1) is 25.5 Å². The lowest BCUT2D eigenvalue weighted by atomic mass is 10.0. The minimum atomic E-state index is -0.642. The Morgan fingerprint density at radius 3 is 2.33 bits per heavy atom. The second-order valence-electron chi connectivity index (χ2n) is 5.57. The molecule has 2 aromatic rings. The molecule has 0 N–H and O–H groups in total. The molecule has 0 saturated heterocycles. The van der Waals surface area contributed by atoms with Crippen LogP contribution in [0.1, 0.15) is 0 Å². The monoisotopic (exact) mass is 362 g/mol. The summed E-state index contributed by atoms with van der Waals surface area (Å²) in [5.41, 5.74) is 2.70. The van der Waals surface area contributed by atoms with Gasteiger partial charge in [0, 0.05) is 24.2 Å². The molecular weight excluding hydrogens is 344 g/mol. The summed E-state index contributed by atoms with van der Waals surface area (Å²) in [4.78, 5) is 30.5. The summed E-state index contributed by atoms with van der Waals surface area (Å²) in [5.74, 6) is -1.27. The Morgan fingerprint density at radius 2 is 1.63 bits per heavy atom. The third kappa shape index (κ3) is 3.64. The Morgan fingerprint density at radius 1 is 0.926 bits per heavy atom. The van der Waals surface area contributed by atoms with Gasteiger partial charge in [-0.15, -0.1) is 0 Å². The Hall–Kier alpha value is -3.67. The van der Waals surface area contributed by atoms with Gasteiger partial charge in [-0.3, -0.25) is 4.98 Å². The number of esters is 2. The number of methoxy groups -OCH3 is 2. The van der Waals surface area contributed by atoms with Crippen LogP contribution in [-0.4, -0.2) is 31.1 Å². The highest BCUT2D eigenvalue weighted by Gasteiger charge is 2.28. The van der Waals surface area contributed by atoms with Gasteiger partial charge in [0.2, 0.25) is 0 Å². The van der Waals surface area contributed by atoms with Gasteiger partial charge in [-0.25, -0.2) is 9.59 Å². The van der Waals surface area contributed by atoms with Crippen LogP contribution in [-0.2, 0) is 19.1 Å². The molecule has 0 unspecified atom stereocenters. The van der Waals surface area contributed by atoms with Crippen molar-refractivity contribution in [1.82, 2.24) is 4.98 Å². The van der Waals surface area contributed by atoms with E-state index in [1.165, 1.54) is 20.3 Å². The van der Waals surface area contributed by atoms with Crippen molar-refractivity contribution in [3.05, 3.63) is 84.5 Å². The highest BCUT2D eigenvalue weighted by molar-refractivity contribution is 6.06. The van der Waals surface area contributed by atoms with Crippen molar-refractivity contribution in [3.8, 4) is 11.1 Å². The number of ether oxygens (including phenoxy) is 2. The zero-order valence-electron chi connectivity index (χ0n) is 15.0. The number of aromatic nitrogens is 1. The van der Waals surface area contributed by atoms with Crippen LogP contribution in [0.5, 0.6) is 0 Å². The van der Waals surface area contributed by atoms with Gasteiger partial charge >= 0.3 is 11.9 Å². The number of carbonyl (C=O) groups excluding carboxylic acids is 2. The quantitative estimate of drug-likeness (QED) is 0.778. The van der Waals surface area contributed by atoms with E-state index in [2.05, 4.69) is 4.98 Å². The van der Waals surface area contributed by atoms with Crippen LogP contribution in [0.2, 0.25) is 0 Å². The molecule has 0 atom stereocenters. The average molecular weight is 362 g/mol. The third-order valence-electron chi connectivity index (χ3n) is 4.04. The molecule has 27 heavy (non-hydrogen) atoms. The van der Waals surface area contributed by atoms with Gasteiger partial charge in [-0.05, 0) is 35.9 Å². The van der Waals surface area contributed by atoms with Crippen molar-refractivity contribution >= 4 is 17.6 Å². The van der Waals surface area contributed by atoms with Gasteiger partial charge in [0.15, 0.2) is 0 Å². The molecule has 0 aliphatic carbocycles. The van der Waals surface area contributed by atoms with Crippen LogP contribution in [0.4, 0.5) is 5.69 Å². The first-order valence-corrected chi connectivity index (χ1v) is 8.21. The molecule has 0 fully saturated rings. The number of benzene rings is 1. The first-order chi connectivity index (χ1) is 13.2. The zero-order valence-corrected chi connectivity index (χ0v) is 15.0. The second-order valence-corrected chi connectivity index (χ2v) is 5.57. The first kappa shape index (κ1) is 18.1. The fourth-order valence-corrected chi connectivity index (χ4v) is 2.81. The van der Waals surface area contributed by atoms with Gasteiger partial charge in [-0.2, -0.15) is 0 Å². The third-order valence-corrected chi connectivity index (χ3v) is 4.04. The summed E-state index contributed by atoms with van der Waals surface area (Å²) in [6.07, 6.45) is 10.0. The summed E-state index contributed by atoms with van der Waals surface area (Å²) in [6.45, 7) is 0. The molecular formula is C21H18N2O4. The van der Waals surface area contributed by atoms with E-state index in [9.17, 15) is 9.59 Å². The van der Waals surface area contributed by atoms with Crippen molar-refractivity contribution in [2.75, 3.05) is 19.1 Å². The average Bonchev–Trinajstić information content (AvgIpc) is 2.96. The molecule has 0 bridgehead atoms. The van der Waals surface area contributed by atoms with E-state index >= 15 is 0 Å². The Kier molecular flexibility index (Phi) is 5.47. The molecule has 0 saturated carbocycles. The molecule has 2 heterocycles. The molecule has 6 heteroatoms. The SMILES string of the molecule is COC(=O)C1=C(C(=O)OC)N(c2ccccc2-c2ccncc2)C=CC=C1. The standard InChI is InChI=1S/C21H18N2O4/c1-26-20(24)17-8-5-6-14-23(19(17)21(25)27-2)18-9-4-3-7-16(18)15-10-12-22-13-11-15/h3-14H,1-2H3. The fraction of sp³-hybridized carbons (Fsp3) is 0.0952. The number of nitrogens with zero attached hydrogens (tertiary/aromatic N) is 2. The molecule has 1 aliphatic rings. The maximum Gasteiger partial charge on any atom is 0.355 e. The van der Waals surface area contributed by atoms with E-state index in [-0.39, 0.29) is 11.3 Å². The summed E-state index contributed by atoms with van der Waals surface area (Å²) < 4.78 is 9.79. The molecule has 0 radical (unpaired) electrons. The van der Waals surface area contributed by atoms with Crippen molar-refractivity contribution < 1.29 is 19.1 Å². The van der Waals surface area contributed by atoms with Gasteiger partial charge < -0.3 is 14.4 Å². The molecule has 6 nitrogen and oxygen atoms in total. The van der Waals surface area contributed by atoms with Gasteiger partial charge in [0.1, 0.15) is 5.70 Å². The van der Waals surface area contributed by atoms with Crippen LogP contribution in [0.25, 0.3) is 11.1 Å². The number of hydrogen-bond acceptors (Lipinski definition) is 6. The highest BCUT2D eigenvalue weighted by atomic mass is 16.5. The largest absolute Gasteiger partial charge is 0.465 e. The number of para-hydroxylation sites is 1. The Bertz CT molecular complexity index is 946. The summed E-state index contributed by atoms with van der Waals surface area (Å²) >= 11 is 0. The normalized spacial score (nSPS) is 13.3. The second kappa shape index (κ2) is 8.14. The maximum absolute atomic E-state index is 12.6. The van der Waals surface area contributed by atoms with E-state index < -0.39 is 11.9 Å². The molecule has 0 spiro atoms. The number of rotatable bonds is 4. The lowest BCUT2D eigenvalue weighted by molar-refractivity contribution is -0.139. The molecule has 1 aromatic carbocycles. The number of carbonyl (C=O) groups is 2. The van der Waals surface area contributed by atoms with E-state index in [4.69, 9.17) is 9.47 Å². The predicted octanol–water partition coefficient (Wildman–Crippen LogP) is 3.24. The Labute approximate surface area is 157 Å². The number of pyridine rings is 1. The predicted molar refractivity (Wildman–Crippen MR) is 101 cm³/mol. The zero-order chi connectivity index (χ0) is 19.2. The smallest absolute Gasteiger partial charge is 0.355 e. The van der Waals surface area contributed by atoms with Crippen molar-refractivity contribution in [2.24, 2.45) is 0 Å². The lowest BCUT2D eigenvalue weighted by Crippen LogP contribution is -2.27. The van der Waals surface area contributed by atoms with Crippen LogP contribution in [0, 0.1) is 0 Å². The summed E-state index contributed by atoms with van der Waals surface area (Å²) in [5, 5.41) is 0. The van der Waals surface area contributed by atoms with Crippen molar-refractivity contribution in [1.29, 1.82) is 0 Å². The van der Waals surface area contributed by atoms with E-state index in [1.807, 2.05) is 36.4 Å². The molecule has 1 aromatic heterocycles. The minimum Gasteiger partial charge on any atom is -0.465 e. The van der Waals surface area contributed by atoms with Crippen LogP contribution >= 0.6 is 0 Å². The maximum atomic E-state index is 12.6. The molecule has 0 amide bonds. The highest BCUT2D eigenvalue weighted by Crippen LogP contribution is 2.34. The van der Waals surface area contributed by atoms with Crippen molar-refractivity contribution in [3.63, 3.8) is 0 Å². The minimum absolute atomic E-state index is 0.0795. The van der Waals surface area contributed by atoms with E-state index in [0.29, 0.717) is 5.69 Å². The number of anilines is 1. The lowest BCUT2D eigenvalue weighted by Gasteiger charge is -2.25. The number of allylic oxidation sites excluding steroid dienone is 2. The molecule has 136 valence electrons. The topological polar surface area (TPSA) is 68.7 Å². The molecule has 3 rings (SSSR count). The van der Waals surface area contributed by atoms with E-state index in [1.54, 1.807) is 35.6 Å². The van der Waals surface area contributed by atoms with Gasteiger partial charge in [-0.1, -0.05) is 24.3 Å². The van der Waals surface area contributed by atoms with Crippen LogP contribution in [0.3, 0.4) is 0 Å². The van der Waals surface area contributed by atoms with Gasteiger partial charge in [0.25, 0.3) is 0 Å². The van der Waals surface area contributed by atoms with Crippen LogP contribution in [0.15, 0.2) is 84.5 Å². The number of hydrogen-bond donors (Lipinski definition) is 0. The van der Waals surface area contributed by atoms with E-state index in [0.717, 1.165) is 11.1 Å². The van der Waals surface area contributed by atoms with Crippen molar-refractivity contribution in [2.45, 2.75) is 0 Å². The molecule has 1 aliphatic heterocycles. The summed E-state index contributed by atoms with van der Waals surface area (Å²) in [6, 6.07) is 11.3. The first-order valence-electron chi connectivity index (χ1n) is 8.21. The van der Waals surface area contributed by atoms with Crippen LogP contribution < -0.4 is 4.90 Å². The summed E-state index contributed by atoms with van der Waals surface area (Å²) in [7, 11) is 2.54. The Balaban J connectivity index is 2.23.